The van der Waals surface area contributed by atoms with E-state index in [0.29, 0.717) is 24.5 Å². The van der Waals surface area contributed by atoms with Gasteiger partial charge in [-0.15, -0.1) is 0 Å². The SMILES string of the molecule is CCCc1cc(-c2ccc(C(=N)N)cc2)ccc1OCCOc1ccc(O)c(-c2ccccc2)c1. The summed E-state index contributed by atoms with van der Waals surface area (Å²) in [5, 5.41) is 17.8. The van der Waals surface area contributed by atoms with E-state index in [4.69, 9.17) is 20.6 Å². The van der Waals surface area contributed by atoms with E-state index in [1.54, 1.807) is 12.1 Å². The summed E-state index contributed by atoms with van der Waals surface area (Å²) in [6, 6.07) is 28.9. The molecule has 0 aliphatic rings. The number of amidine groups is 1. The van der Waals surface area contributed by atoms with Crippen LogP contribution in [0.3, 0.4) is 0 Å². The first-order chi connectivity index (χ1) is 17.0. The van der Waals surface area contributed by atoms with Crippen molar-refractivity contribution in [3.63, 3.8) is 0 Å². The Kier molecular flexibility index (Phi) is 7.68. The standard InChI is InChI=1S/C30H30N2O3/c1-2-6-25-19-24(21-9-11-23(12-10-21)30(31)32)13-16-29(25)35-18-17-34-26-14-15-28(33)27(20-26)22-7-4-3-5-8-22/h3-5,7-16,19-20,33H,2,6,17-18H2,1H3,(H3,31,32). The molecule has 0 radical (unpaired) electrons. The number of nitrogen functional groups attached to an aromatic ring is 1. The van der Waals surface area contributed by atoms with Crippen LogP contribution in [-0.4, -0.2) is 24.2 Å². The van der Waals surface area contributed by atoms with Crippen LogP contribution < -0.4 is 15.2 Å². The molecule has 4 N–H and O–H groups in total. The van der Waals surface area contributed by atoms with Crippen molar-refractivity contribution in [2.24, 2.45) is 5.73 Å². The van der Waals surface area contributed by atoms with Gasteiger partial charge < -0.3 is 20.3 Å². The van der Waals surface area contributed by atoms with Crippen LogP contribution in [0, 0.1) is 5.41 Å². The van der Waals surface area contributed by atoms with Crippen molar-refractivity contribution in [2.45, 2.75) is 19.8 Å². The molecule has 5 heteroatoms. The van der Waals surface area contributed by atoms with Crippen LogP contribution in [0.1, 0.15) is 24.5 Å². The van der Waals surface area contributed by atoms with Crippen LogP contribution >= 0.6 is 0 Å². The summed E-state index contributed by atoms with van der Waals surface area (Å²) in [5.41, 5.74) is 11.3. The lowest BCUT2D eigenvalue weighted by atomic mass is 9.99. The molecule has 0 atom stereocenters. The maximum Gasteiger partial charge on any atom is 0.123 e. The number of rotatable bonds is 10. The van der Waals surface area contributed by atoms with Gasteiger partial charge in [-0.05, 0) is 59.0 Å². The highest BCUT2D eigenvalue weighted by molar-refractivity contribution is 5.95. The highest BCUT2D eigenvalue weighted by Gasteiger charge is 2.09. The fourth-order valence-electron chi connectivity index (χ4n) is 3.97. The molecule has 0 heterocycles. The zero-order chi connectivity index (χ0) is 24.6. The number of phenolic OH excluding ortho intramolecular Hbond substituents is 1. The Morgan fingerprint density at radius 3 is 2.23 bits per heavy atom. The summed E-state index contributed by atoms with van der Waals surface area (Å²) in [7, 11) is 0. The van der Waals surface area contributed by atoms with E-state index < -0.39 is 0 Å². The Morgan fingerprint density at radius 2 is 1.51 bits per heavy atom. The molecule has 0 fully saturated rings. The first kappa shape index (κ1) is 23.9. The molecule has 0 aliphatic carbocycles. The van der Waals surface area contributed by atoms with Gasteiger partial charge in [-0.3, -0.25) is 5.41 Å². The molecule has 0 unspecified atom stereocenters. The second-order valence-electron chi connectivity index (χ2n) is 8.31. The van der Waals surface area contributed by atoms with E-state index in [-0.39, 0.29) is 11.6 Å². The van der Waals surface area contributed by atoms with Gasteiger partial charge in [0.15, 0.2) is 0 Å². The molecule has 0 saturated heterocycles. The minimum absolute atomic E-state index is 0.0674. The maximum atomic E-state index is 10.2. The molecule has 4 rings (SSSR count). The number of aromatic hydroxyl groups is 1. The van der Waals surface area contributed by atoms with E-state index in [1.165, 1.54) is 0 Å². The second kappa shape index (κ2) is 11.3. The van der Waals surface area contributed by atoms with Crippen LogP contribution in [-0.2, 0) is 6.42 Å². The summed E-state index contributed by atoms with van der Waals surface area (Å²) in [6.07, 6.45) is 1.92. The van der Waals surface area contributed by atoms with Crippen LogP contribution in [0.15, 0.2) is 91.0 Å². The number of hydrogen-bond donors (Lipinski definition) is 3. The van der Waals surface area contributed by atoms with Gasteiger partial charge >= 0.3 is 0 Å². The predicted molar refractivity (Wildman–Crippen MR) is 141 cm³/mol. The van der Waals surface area contributed by atoms with E-state index >= 15 is 0 Å². The lowest BCUT2D eigenvalue weighted by Gasteiger charge is -2.14. The third kappa shape index (κ3) is 6.01. The molecule has 5 nitrogen and oxygen atoms in total. The number of benzene rings is 4. The van der Waals surface area contributed by atoms with Crippen LogP contribution in [0.25, 0.3) is 22.3 Å². The Hall–Kier alpha value is -4.25. The predicted octanol–water partition coefficient (Wildman–Crippen LogP) is 6.42. The molecule has 178 valence electrons. The average molecular weight is 467 g/mol. The summed E-state index contributed by atoms with van der Waals surface area (Å²) in [5.74, 6) is 1.83. The smallest absolute Gasteiger partial charge is 0.123 e. The van der Waals surface area contributed by atoms with Crippen LogP contribution in [0.2, 0.25) is 0 Å². The molecule has 0 amide bonds. The van der Waals surface area contributed by atoms with Crippen LogP contribution in [0.4, 0.5) is 0 Å². The van der Waals surface area contributed by atoms with Crippen molar-refractivity contribution in [1.29, 1.82) is 5.41 Å². The Morgan fingerprint density at radius 1 is 0.800 bits per heavy atom. The minimum atomic E-state index is 0.0674. The number of ether oxygens (including phenoxy) is 2. The zero-order valence-electron chi connectivity index (χ0n) is 19.8. The lowest BCUT2D eigenvalue weighted by Crippen LogP contribution is -2.10. The van der Waals surface area contributed by atoms with Gasteiger partial charge in [-0.25, -0.2) is 0 Å². The van der Waals surface area contributed by atoms with Crippen molar-refractivity contribution < 1.29 is 14.6 Å². The summed E-state index contributed by atoms with van der Waals surface area (Å²) >= 11 is 0. The first-order valence-corrected chi connectivity index (χ1v) is 11.8. The van der Waals surface area contributed by atoms with Crippen molar-refractivity contribution in [2.75, 3.05) is 13.2 Å². The third-order valence-electron chi connectivity index (χ3n) is 5.77. The van der Waals surface area contributed by atoms with Gasteiger partial charge in [-0.1, -0.05) is 74.0 Å². The third-order valence-corrected chi connectivity index (χ3v) is 5.77. The fraction of sp³-hybridized carbons (Fsp3) is 0.167. The van der Waals surface area contributed by atoms with Gasteiger partial charge in [0.1, 0.15) is 36.3 Å². The van der Waals surface area contributed by atoms with Gasteiger partial charge in [-0.2, -0.15) is 0 Å². The first-order valence-electron chi connectivity index (χ1n) is 11.8. The highest BCUT2D eigenvalue weighted by atomic mass is 16.5. The van der Waals surface area contributed by atoms with Gasteiger partial charge in [0.2, 0.25) is 0 Å². The van der Waals surface area contributed by atoms with E-state index in [0.717, 1.165) is 46.4 Å². The van der Waals surface area contributed by atoms with E-state index in [1.807, 2.05) is 72.8 Å². The Labute approximate surface area is 206 Å². The molecular weight excluding hydrogens is 436 g/mol. The molecule has 4 aromatic carbocycles. The molecule has 0 aromatic heterocycles. The summed E-state index contributed by atoms with van der Waals surface area (Å²) in [4.78, 5) is 0. The number of phenols is 1. The van der Waals surface area contributed by atoms with Gasteiger partial charge in [0.25, 0.3) is 0 Å². The number of aryl methyl sites for hydroxylation is 1. The largest absolute Gasteiger partial charge is 0.507 e. The van der Waals surface area contributed by atoms with E-state index in [2.05, 4.69) is 13.0 Å². The molecule has 0 aliphatic heterocycles. The fourth-order valence-corrected chi connectivity index (χ4v) is 3.97. The van der Waals surface area contributed by atoms with Crippen molar-refractivity contribution >= 4 is 5.84 Å². The average Bonchev–Trinajstić information content (AvgIpc) is 2.89. The zero-order valence-corrected chi connectivity index (χ0v) is 19.8. The van der Waals surface area contributed by atoms with Crippen LogP contribution in [0.5, 0.6) is 17.2 Å². The molecule has 35 heavy (non-hydrogen) atoms. The van der Waals surface area contributed by atoms with Gasteiger partial charge in [0, 0.05) is 11.1 Å². The lowest BCUT2D eigenvalue weighted by molar-refractivity contribution is 0.216. The van der Waals surface area contributed by atoms with Crippen molar-refractivity contribution in [3.8, 4) is 39.5 Å². The van der Waals surface area contributed by atoms with E-state index in [9.17, 15) is 5.11 Å². The molecule has 0 saturated carbocycles. The topological polar surface area (TPSA) is 88.6 Å². The molecule has 0 bridgehead atoms. The van der Waals surface area contributed by atoms with Crippen molar-refractivity contribution in [1.82, 2.24) is 0 Å². The number of nitrogens with one attached hydrogen (secondary N) is 1. The minimum Gasteiger partial charge on any atom is -0.507 e. The Bertz CT molecular complexity index is 1290. The maximum absolute atomic E-state index is 10.2. The molecule has 0 spiro atoms. The highest BCUT2D eigenvalue weighted by Crippen LogP contribution is 2.32. The quantitative estimate of drug-likeness (QED) is 0.143. The monoisotopic (exact) mass is 466 g/mol. The normalized spacial score (nSPS) is 10.7. The number of nitrogens with two attached hydrogens (primary N) is 1. The summed E-state index contributed by atoms with van der Waals surface area (Å²) < 4.78 is 12.0. The number of hydrogen-bond acceptors (Lipinski definition) is 4. The van der Waals surface area contributed by atoms with Crippen molar-refractivity contribution in [3.05, 3.63) is 102 Å². The van der Waals surface area contributed by atoms with Gasteiger partial charge in [0.05, 0.1) is 0 Å². The second-order valence-corrected chi connectivity index (χ2v) is 8.31. The molecule has 4 aromatic rings. The summed E-state index contributed by atoms with van der Waals surface area (Å²) in [6.45, 7) is 2.94. The Balaban J connectivity index is 1.40. The molecular formula is C30H30N2O3.